The minimum Gasteiger partial charge on any atom is -0.376 e. The number of H-pyrrole nitrogens is 1. The van der Waals surface area contributed by atoms with Crippen LogP contribution in [-0.4, -0.2) is 46.7 Å². The number of fused-ring (bicyclic) bond motifs is 2. The molecule has 0 radical (unpaired) electrons. The fourth-order valence-electron chi connectivity index (χ4n) is 5.08. The van der Waals surface area contributed by atoms with Crippen LogP contribution in [0.15, 0.2) is 12.1 Å². The van der Waals surface area contributed by atoms with Crippen LogP contribution >= 0.6 is 11.3 Å². The van der Waals surface area contributed by atoms with Gasteiger partial charge in [-0.05, 0) is 44.9 Å². The number of aryl methyl sites for hydroxylation is 1. The number of ether oxygens (including phenoxy) is 1. The molecule has 0 unspecified atom stereocenters. The third-order valence-electron chi connectivity index (χ3n) is 6.54. The molecule has 2 fully saturated rings. The molecule has 2 aliphatic heterocycles. The quantitative estimate of drug-likeness (QED) is 0.827. The van der Waals surface area contributed by atoms with Crippen LogP contribution in [0.1, 0.15) is 63.6 Å². The number of aromatic amines is 1. The molecule has 0 aromatic carbocycles. The van der Waals surface area contributed by atoms with E-state index in [-0.39, 0.29) is 11.3 Å². The molecule has 2 aromatic heterocycles. The number of amides is 1. The lowest BCUT2D eigenvalue weighted by Gasteiger charge is -2.33. The highest BCUT2D eigenvalue weighted by Gasteiger charge is 2.46. The average molecular weight is 401 g/mol. The molecule has 1 amide bonds. The summed E-state index contributed by atoms with van der Waals surface area (Å²) >= 11 is 1.87. The SMILES string of the molecule is Cc1ccc(CN2CC[C@]3(COCc4c(C(=O)NC5CCCC5)n[nH]c43)C2)s1. The normalized spacial score (nSPS) is 25.5. The Labute approximate surface area is 169 Å². The van der Waals surface area contributed by atoms with E-state index in [1.165, 1.54) is 22.6 Å². The third kappa shape index (κ3) is 3.29. The number of hydrogen-bond acceptors (Lipinski definition) is 5. The Bertz CT molecular complexity index is 870. The fraction of sp³-hybridized carbons (Fsp3) is 0.619. The van der Waals surface area contributed by atoms with Crippen molar-refractivity contribution in [3.05, 3.63) is 38.8 Å². The second kappa shape index (κ2) is 7.28. The molecule has 0 bridgehead atoms. The lowest BCUT2D eigenvalue weighted by Crippen LogP contribution is -2.40. The number of nitrogens with one attached hydrogen (secondary N) is 2. The number of likely N-dealkylation sites (tertiary alicyclic amines) is 1. The number of carbonyl (C=O) groups excluding carboxylic acids is 1. The number of carbonyl (C=O) groups is 1. The maximum Gasteiger partial charge on any atom is 0.272 e. The molecule has 4 heterocycles. The highest BCUT2D eigenvalue weighted by Crippen LogP contribution is 2.40. The fourth-order valence-corrected chi connectivity index (χ4v) is 6.02. The zero-order valence-corrected chi connectivity index (χ0v) is 17.2. The van der Waals surface area contributed by atoms with Crippen LogP contribution in [-0.2, 0) is 23.3 Å². The summed E-state index contributed by atoms with van der Waals surface area (Å²) in [5.74, 6) is -0.0473. The minimum atomic E-state index is -0.0707. The summed E-state index contributed by atoms with van der Waals surface area (Å²) in [7, 11) is 0. The van der Waals surface area contributed by atoms with E-state index in [1.807, 2.05) is 11.3 Å². The van der Waals surface area contributed by atoms with Gasteiger partial charge in [0.1, 0.15) is 0 Å². The van der Waals surface area contributed by atoms with Crippen LogP contribution in [0.25, 0.3) is 0 Å². The van der Waals surface area contributed by atoms with Crippen molar-refractivity contribution in [1.29, 1.82) is 0 Å². The molecule has 1 atom stereocenters. The van der Waals surface area contributed by atoms with Crippen molar-refractivity contribution in [1.82, 2.24) is 20.4 Å². The molecule has 1 spiro atoms. The lowest BCUT2D eigenvalue weighted by atomic mass is 9.80. The monoisotopic (exact) mass is 400 g/mol. The van der Waals surface area contributed by atoms with Crippen molar-refractivity contribution in [2.24, 2.45) is 0 Å². The number of nitrogens with zero attached hydrogens (tertiary/aromatic N) is 2. The Morgan fingerprint density at radius 2 is 2.29 bits per heavy atom. The Kier molecular flexibility index (Phi) is 4.77. The largest absolute Gasteiger partial charge is 0.376 e. The molecule has 1 aliphatic carbocycles. The smallest absolute Gasteiger partial charge is 0.272 e. The van der Waals surface area contributed by atoms with E-state index in [1.54, 1.807) is 0 Å². The van der Waals surface area contributed by atoms with Gasteiger partial charge < -0.3 is 10.1 Å². The molecule has 1 saturated carbocycles. The predicted octanol–water partition coefficient (Wildman–Crippen LogP) is 3.13. The van der Waals surface area contributed by atoms with Crippen molar-refractivity contribution in [3.8, 4) is 0 Å². The van der Waals surface area contributed by atoms with Crippen LogP contribution in [0.5, 0.6) is 0 Å². The molecular weight excluding hydrogens is 372 g/mol. The summed E-state index contributed by atoms with van der Waals surface area (Å²) in [6.07, 6.45) is 5.60. The van der Waals surface area contributed by atoms with Gasteiger partial charge in [0.2, 0.25) is 0 Å². The first-order valence-electron chi connectivity index (χ1n) is 10.4. The molecule has 150 valence electrons. The molecule has 7 heteroatoms. The van der Waals surface area contributed by atoms with Gasteiger partial charge in [-0.3, -0.25) is 14.8 Å². The number of hydrogen-bond donors (Lipinski definition) is 2. The standard InChI is InChI=1S/C21H28N4O2S/c1-14-6-7-16(28-14)10-25-9-8-21(12-25)13-27-11-17-18(23-24-19(17)21)20(26)22-15-4-2-3-5-15/h6-7,15H,2-5,8-13H2,1H3,(H,22,26)(H,23,24)/t21-/m1/s1. The predicted molar refractivity (Wildman–Crippen MR) is 109 cm³/mol. The van der Waals surface area contributed by atoms with Gasteiger partial charge in [0.25, 0.3) is 5.91 Å². The molecule has 3 aliphatic rings. The molecular formula is C21H28N4O2S. The van der Waals surface area contributed by atoms with E-state index in [0.717, 1.165) is 50.2 Å². The van der Waals surface area contributed by atoms with Crippen LogP contribution in [0.4, 0.5) is 0 Å². The molecule has 5 rings (SSSR count). The number of rotatable bonds is 4. The summed E-state index contributed by atoms with van der Waals surface area (Å²) in [5.41, 5.74) is 2.56. The highest BCUT2D eigenvalue weighted by molar-refractivity contribution is 7.11. The van der Waals surface area contributed by atoms with Gasteiger partial charge in [-0.1, -0.05) is 12.8 Å². The van der Waals surface area contributed by atoms with E-state index >= 15 is 0 Å². The Morgan fingerprint density at radius 3 is 3.07 bits per heavy atom. The van der Waals surface area contributed by atoms with Gasteiger partial charge in [0.05, 0.1) is 18.9 Å². The molecule has 6 nitrogen and oxygen atoms in total. The van der Waals surface area contributed by atoms with Gasteiger partial charge in [0, 0.05) is 39.9 Å². The molecule has 2 aromatic rings. The Hall–Kier alpha value is -1.70. The molecule has 1 saturated heterocycles. The third-order valence-corrected chi connectivity index (χ3v) is 7.52. The van der Waals surface area contributed by atoms with Crippen LogP contribution in [0.3, 0.4) is 0 Å². The number of thiophene rings is 1. The van der Waals surface area contributed by atoms with E-state index < -0.39 is 0 Å². The van der Waals surface area contributed by atoms with E-state index in [4.69, 9.17) is 4.74 Å². The average Bonchev–Trinajstić information content (AvgIpc) is 3.44. The summed E-state index contributed by atoms with van der Waals surface area (Å²) in [5, 5.41) is 10.8. The van der Waals surface area contributed by atoms with Gasteiger partial charge in [-0.15, -0.1) is 11.3 Å². The maximum absolute atomic E-state index is 12.8. The first-order valence-corrected chi connectivity index (χ1v) is 11.2. The maximum atomic E-state index is 12.8. The Morgan fingerprint density at radius 1 is 1.43 bits per heavy atom. The number of aromatic nitrogens is 2. The summed E-state index contributed by atoms with van der Waals surface area (Å²) < 4.78 is 5.99. The van der Waals surface area contributed by atoms with Gasteiger partial charge >= 0.3 is 0 Å². The summed E-state index contributed by atoms with van der Waals surface area (Å²) in [4.78, 5) is 18.1. The van der Waals surface area contributed by atoms with Crippen LogP contribution < -0.4 is 5.32 Å². The van der Waals surface area contributed by atoms with E-state index in [2.05, 4.69) is 39.5 Å². The molecule has 2 N–H and O–H groups in total. The van der Waals surface area contributed by atoms with Gasteiger partial charge in [-0.25, -0.2) is 0 Å². The first-order chi connectivity index (χ1) is 13.6. The lowest BCUT2D eigenvalue weighted by molar-refractivity contribution is 0.0509. The summed E-state index contributed by atoms with van der Waals surface area (Å²) in [6, 6.07) is 4.72. The van der Waals surface area contributed by atoms with Crippen molar-refractivity contribution in [2.75, 3.05) is 19.7 Å². The second-order valence-corrected chi connectivity index (χ2v) is 10.00. The van der Waals surface area contributed by atoms with Gasteiger partial charge in [0.15, 0.2) is 5.69 Å². The second-order valence-electron chi connectivity index (χ2n) is 8.63. The first kappa shape index (κ1) is 18.3. The zero-order valence-electron chi connectivity index (χ0n) is 16.4. The van der Waals surface area contributed by atoms with Crippen molar-refractivity contribution >= 4 is 17.2 Å². The van der Waals surface area contributed by atoms with E-state index in [0.29, 0.717) is 24.9 Å². The minimum absolute atomic E-state index is 0.0473. The summed E-state index contributed by atoms with van der Waals surface area (Å²) in [6.45, 7) is 6.31. The highest BCUT2D eigenvalue weighted by atomic mass is 32.1. The van der Waals surface area contributed by atoms with Crippen molar-refractivity contribution < 1.29 is 9.53 Å². The van der Waals surface area contributed by atoms with E-state index in [9.17, 15) is 4.79 Å². The Balaban J connectivity index is 1.33. The molecule has 28 heavy (non-hydrogen) atoms. The van der Waals surface area contributed by atoms with Crippen LogP contribution in [0, 0.1) is 6.92 Å². The van der Waals surface area contributed by atoms with Crippen molar-refractivity contribution in [2.45, 2.75) is 63.6 Å². The topological polar surface area (TPSA) is 70.2 Å². The van der Waals surface area contributed by atoms with Crippen LogP contribution in [0.2, 0.25) is 0 Å². The van der Waals surface area contributed by atoms with Crippen molar-refractivity contribution in [3.63, 3.8) is 0 Å². The zero-order chi connectivity index (χ0) is 19.1. The van der Waals surface area contributed by atoms with Gasteiger partial charge in [-0.2, -0.15) is 5.10 Å².